The van der Waals surface area contributed by atoms with Crippen molar-refractivity contribution >= 4 is 6.29 Å². The fraction of sp³-hybridized carbons (Fsp3) is 0.500. The molecular weight excluding hydrogens is 54.0 g/mol. The van der Waals surface area contributed by atoms with Crippen molar-refractivity contribution in [1.29, 1.82) is 0 Å². The van der Waals surface area contributed by atoms with Gasteiger partial charge in [0.05, 0.1) is 0 Å². The summed E-state index contributed by atoms with van der Waals surface area (Å²) in [5, 5.41) is 0. The molecule has 0 bridgehead atoms. The minimum atomic E-state index is 0. The highest BCUT2D eigenvalue weighted by atomic mass is 16.1. The average molecular weight is 62.1 g/mol. The third-order valence-electron chi connectivity index (χ3n) is 0. The van der Waals surface area contributed by atoms with E-state index in [4.69, 9.17) is 4.79 Å². The number of quaternary nitrogens is 1. The molecular formula is C2H8NO+. The van der Waals surface area contributed by atoms with Crippen LogP contribution in [0.3, 0.4) is 0 Å². The fourth-order valence-corrected chi connectivity index (χ4v) is 0. The zero-order valence-electron chi connectivity index (χ0n) is 2.99. The Kier molecular flexibility index (Phi) is 41.6. The highest BCUT2D eigenvalue weighted by molar-refractivity contribution is 5.44. The van der Waals surface area contributed by atoms with Crippen LogP contribution >= 0.6 is 0 Å². The molecule has 0 aliphatic rings. The Labute approximate surface area is 25.4 Å². The Morgan fingerprint density at radius 3 is 1.75 bits per heavy atom. The van der Waals surface area contributed by atoms with Gasteiger partial charge in [0.25, 0.3) is 0 Å². The molecule has 0 heterocycles. The SMILES string of the molecule is CC=O.[NH4+]. The average Bonchev–Trinajstić information content (AvgIpc) is 0.918. The fourth-order valence-electron chi connectivity index (χ4n) is 0. The molecule has 0 aromatic rings. The molecule has 0 aliphatic carbocycles. The molecule has 0 radical (unpaired) electrons. The summed E-state index contributed by atoms with van der Waals surface area (Å²) >= 11 is 0. The normalized spacial score (nSPS) is 3.25. The molecule has 2 nitrogen and oxygen atoms in total. The van der Waals surface area contributed by atoms with Crippen LogP contribution in [0.1, 0.15) is 6.92 Å². The van der Waals surface area contributed by atoms with Crippen LogP contribution in [0.5, 0.6) is 0 Å². The minimum Gasteiger partial charge on any atom is -0.369 e. The Hall–Kier alpha value is -0.370. The lowest BCUT2D eigenvalue weighted by atomic mass is 11.0. The van der Waals surface area contributed by atoms with E-state index >= 15 is 0 Å². The quantitative estimate of drug-likeness (QED) is 0.410. The van der Waals surface area contributed by atoms with Crippen LogP contribution in [-0.2, 0) is 4.79 Å². The van der Waals surface area contributed by atoms with Crippen LogP contribution in [0.4, 0.5) is 0 Å². The number of hydrogen-bond donors (Lipinski definition) is 1. The molecule has 0 amide bonds. The molecule has 4 heavy (non-hydrogen) atoms. The van der Waals surface area contributed by atoms with E-state index < -0.39 is 0 Å². The number of carbonyl (C=O) groups is 1. The van der Waals surface area contributed by atoms with Crippen molar-refractivity contribution in [2.75, 3.05) is 0 Å². The van der Waals surface area contributed by atoms with Crippen LogP contribution in [0, 0.1) is 0 Å². The maximum absolute atomic E-state index is 8.81. The molecule has 0 aromatic carbocycles. The van der Waals surface area contributed by atoms with Gasteiger partial charge in [-0.3, -0.25) is 0 Å². The number of rotatable bonds is 0. The molecule has 2 heteroatoms. The van der Waals surface area contributed by atoms with Gasteiger partial charge in [0.2, 0.25) is 0 Å². The molecule has 26 valence electrons. The summed E-state index contributed by atoms with van der Waals surface area (Å²) in [7, 11) is 0. The van der Waals surface area contributed by atoms with Gasteiger partial charge in [0.1, 0.15) is 6.29 Å². The Bertz CT molecular complexity index is 13.5. The Morgan fingerprint density at radius 1 is 1.75 bits per heavy atom. The summed E-state index contributed by atoms with van der Waals surface area (Å²) < 4.78 is 0. The predicted octanol–water partition coefficient (Wildman–Crippen LogP) is 0.581. The maximum atomic E-state index is 8.81. The van der Waals surface area contributed by atoms with Crippen molar-refractivity contribution in [2.24, 2.45) is 0 Å². The van der Waals surface area contributed by atoms with Crippen molar-refractivity contribution < 1.29 is 4.79 Å². The first-order valence-electron chi connectivity index (χ1n) is 0.813. The van der Waals surface area contributed by atoms with Gasteiger partial charge in [-0.25, -0.2) is 0 Å². The lowest BCUT2D eigenvalue weighted by Gasteiger charge is -1.23. The van der Waals surface area contributed by atoms with E-state index in [1.165, 1.54) is 6.92 Å². The van der Waals surface area contributed by atoms with Gasteiger partial charge in [-0.15, -0.1) is 0 Å². The number of carbonyl (C=O) groups excluding carboxylic acids is 1. The molecule has 0 unspecified atom stereocenters. The zero-order valence-corrected chi connectivity index (χ0v) is 2.99. The minimum absolute atomic E-state index is 0. The van der Waals surface area contributed by atoms with Crippen LogP contribution in [-0.4, -0.2) is 6.29 Å². The molecule has 0 spiro atoms. The summed E-state index contributed by atoms with van der Waals surface area (Å²) in [6.45, 7) is 1.44. The van der Waals surface area contributed by atoms with E-state index in [-0.39, 0.29) is 6.15 Å². The Morgan fingerprint density at radius 2 is 1.75 bits per heavy atom. The molecule has 0 atom stereocenters. The van der Waals surface area contributed by atoms with E-state index in [0.717, 1.165) is 6.29 Å². The largest absolute Gasteiger partial charge is 0.369 e. The molecule has 0 aromatic heterocycles. The van der Waals surface area contributed by atoms with Crippen LogP contribution < -0.4 is 6.15 Å². The topological polar surface area (TPSA) is 53.6 Å². The zero-order chi connectivity index (χ0) is 2.71. The van der Waals surface area contributed by atoms with Crippen LogP contribution in [0.15, 0.2) is 0 Å². The van der Waals surface area contributed by atoms with Gasteiger partial charge >= 0.3 is 0 Å². The van der Waals surface area contributed by atoms with Gasteiger partial charge in [0, 0.05) is 0 Å². The van der Waals surface area contributed by atoms with Crippen LogP contribution in [0.25, 0.3) is 0 Å². The van der Waals surface area contributed by atoms with Crippen molar-refractivity contribution in [3.8, 4) is 0 Å². The second kappa shape index (κ2) is 17.6. The number of hydrogen-bond acceptors (Lipinski definition) is 1. The third kappa shape index (κ3) is 4.73. The monoisotopic (exact) mass is 62.1 g/mol. The molecule has 0 saturated heterocycles. The van der Waals surface area contributed by atoms with Crippen molar-refractivity contribution in [2.45, 2.75) is 6.92 Å². The first kappa shape index (κ1) is 9.45. The molecule has 0 saturated carbocycles. The third-order valence-corrected chi connectivity index (χ3v) is 0. The van der Waals surface area contributed by atoms with Gasteiger partial charge in [-0.2, -0.15) is 0 Å². The van der Waals surface area contributed by atoms with E-state index in [1.54, 1.807) is 0 Å². The molecule has 0 rings (SSSR count). The second-order valence-electron chi connectivity index (χ2n) is 0.236. The van der Waals surface area contributed by atoms with Crippen molar-refractivity contribution in [1.82, 2.24) is 6.15 Å². The van der Waals surface area contributed by atoms with Gasteiger partial charge in [-0.1, -0.05) is 0 Å². The lowest BCUT2D eigenvalue weighted by molar-refractivity contribution is -0.106. The summed E-state index contributed by atoms with van der Waals surface area (Å²) in [5.41, 5.74) is 0. The maximum Gasteiger partial charge on any atom is 0.116 e. The first-order valence-corrected chi connectivity index (χ1v) is 0.813. The van der Waals surface area contributed by atoms with Crippen LogP contribution in [0.2, 0.25) is 0 Å². The molecule has 4 N–H and O–H groups in total. The second-order valence-corrected chi connectivity index (χ2v) is 0.236. The molecule has 0 aliphatic heterocycles. The summed E-state index contributed by atoms with van der Waals surface area (Å²) in [6.07, 6.45) is 0.750. The van der Waals surface area contributed by atoms with E-state index in [2.05, 4.69) is 0 Å². The predicted molar refractivity (Wildman–Crippen MR) is 17.7 cm³/mol. The van der Waals surface area contributed by atoms with E-state index in [9.17, 15) is 0 Å². The highest BCUT2D eigenvalue weighted by Crippen LogP contribution is 1.13. The van der Waals surface area contributed by atoms with E-state index in [1.807, 2.05) is 0 Å². The highest BCUT2D eigenvalue weighted by Gasteiger charge is 1.24. The molecule has 0 fully saturated rings. The summed E-state index contributed by atoms with van der Waals surface area (Å²) in [5.74, 6) is 0. The van der Waals surface area contributed by atoms with Gasteiger partial charge < -0.3 is 10.9 Å². The number of aldehydes is 1. The van der Waals surface area contributed by atoms with E-state index in [0.29, 0.717) is 0 Å². The summed E-state index contributed by atoms with van der Waals surface area (Å²) in [4.78, 5) is 8.81. The standard InChI is InChI=1S/C2H4O.H3N/c1-2-3;/h2H,1H3;1H3/p+1. The lowest BCUT2D eigenvalue weighted by Crippen LogP contribution is -1.36. The van der Waals surface area contributed by atoms with Gasteiger partial charge in [0.15, 0.2) is 0 Å². The van der Waals surface area contributed by atoms with Crippen molar-refractivity contribution in [3.63, 3.8) is 0 Å². The summed E-state index contributed by atoms with van der Waals surface area (Å²) in [6, 6.07) is 0. The first-order chi connectivity index (χ1) is 1.41. The van der Waals surface area contributed by atoms with Crippen molar-refractivity contribution in [3.05, 3.63) is 0 Å². The smallest absolute Gasteiger partial charge is 0.116 e. The van der Waals surface area contributed by atoms with Gasteiger partial charge in [-0.05, 0) is 6.92 Å². The Balaban J connectivity index is 0.